The quantitative estimate of drug-likeness (QED) is 0.336. The van der Waals surface area contributed by atoms with E-state index in [1.165, 1.54) is 94.0 Å². The first-order valence-corrected chi connectivity index (χ1v) is 10.8. The van der Waals surface area contributed by atoms with Crippen molar-refractivity contribution in [1.29, 1.82) is 0 Å². The lowest BCUT2D eigenvalue weighted by molar-refractivity contribution is -0.925. The Labute approximate surface area is 173 Å². The third kappa shape index (κ3) is 10.6. The van der Waals surface area contributed by atoms with Gasteiger partial charge < -0.3 is 26.6 Å². The Balaban J connectivity index is 0.00000625. The first kappa shape index (κ1) is 25.5. The average molecular weight is 428 g/mol. The van der Waals surface area contributed by atoms with Gasteiger partial charge in [-0.1, -0.05) is 57.6 Å². The molecular formula is C23H42BrNO. The Morgan fingerprint density at radius 2 is 1.19 bits per heavy atom. The van der Waals surface area contributed by atoms with Gasteiger partial charge >= 0.3 is 0 Å². The van der Waals surface area contributed by atoms with Crippen LogP contribution in [0, 0.1) is 0 Å². The number of phenols is 1. The smallest absolute Gasteiger partial charge is 0.115 e. The highest BCUT2D eigenvalue weighted by Gasteiger charge is 2.21. The second-order valence-electron chi connectivity index (χ2n) is 7.67. The zero-order chi connectivity index (χ0) is 18.4. The molecule has 3 heteroatoms. The minimum absolute atomic E-state index is 0. The van der Waals surface area contributed by atoms with Crippen molar-refractivity contribution < 1.29 is 26.6 Å². The number of nitrogens with zero attached hydrogens (tertiary/aromatic N) is 1. The van der Waals surface area contributed by atoms with Gasteiger partial charge in [0.25, 0.3) is 0 Å². The summed E-state index contributed by atoms with van der Waals surface area (Å²) in [7, 11) is 0. The van der Waals surface area contributed by atoms with Crippen molar-refractivity contribution in [3.05, 3.63) is 29.8 Å². The fourth-order valence-electron chi connectivity index (χ4n) is 3.83. The maximum Gasteiger partial charge on any atom is 0.115 e. The minimum atomic E-state index is 0. The van der Waals surface area contributed by atoms with Gasteiger partial charge in [0.15, 0.2) is 0 Å². The largest absolute Gasteiger partial charge is 1.00 e. The molecule has 0 aliphatic rings. The van der Waals surface area contributed by atoms with E-state index < -0.39 is 0 Å². The first-order chi connectivity index (χ1) is 12.2. The molecule has 1 aromatic carbocycles. The molecule has 0 radical (unpaired) electrons. The van der Waals surface area contributed by atoms with Gasteiger partial charge in [-0.15, -0.1) is 0 Å². The molecule has 2 nitrogen and oxygen atoms in total. The van der Waals surface area contributed by atoms with Crippen LogP contribution < -0.4 is 17.0 Å². The van der Waals surface area contributed by atoms with Crippen molar-refractivity contribution in [3.8, 4) is 5.75 Å². The van der Waals surface area contributed by atoms with E-state index in [1.54, 1.807) is 12.1 Å². The number of unbranched alkanes of at least 4 members (excludes halogenated alkanes) is 7. The van der Waals surface area contributed by atoms with Crippen LogP contribution >= 0.6 is 0 Å². The molecule has 0 saturated carbocycles. The number of benzene rings is 1. The average Bonchev–Trinajstić information content (AvgIpc) is 2.64. The van der Waals surface area contributed by atoms with Gasteiger partial charge in [0.05, 0.1) is 26.2 Å². The lowest BCUT2D eigenvalue weighted by atomic mass is 10.1. The van der Waals surface area contributed by atoms with Gasteiger partial charge in [0, 0.05) is 6.42 Å². The summed E-state index contributed by atoms with van der Waals surface area (Å²) in [6, 6.07) is 7.72. The molecule has 0 heterocycles. The SMILES string of the molecule is CCCCCCCCCC[N+](CC)(CC)CCCc1ccc(O)cc1.[Br-]. The molecule has 0 fully saturated rings. The van der Waals surface area contributed by atoms with E-state index >= 15 is 0 Å². The monoisotopic (exact) mass is 427 g/mol. The zero-order valence-corrected chi connectivity index (χ0v) is 19.1. The van der Waals surface area contributed by atoms with Crippen molar-refractivity contribution in [2.24, 2.45) is 0 Å². The van der Waals surface area contributed by atoms with Crippen molar-refractivity contribution in [2.45, 2.75) is 85.0 Å². The third-order valence-electron chi connectivity index (χ3n) is 5.86. The number of rotatable bonds is 15. The van der Waals surface area contributed by atoms with E-state index in [-0.39, 0.29) is 17.0 Å². The van der Waals surface area contributed by atoms with Crippen LogP contribution in [0.2, 0.25) is 0 Å². The van der Waals surface area contributed by atoms with E-state index in [0.29, 0.717) is 5.75 Å². The Morgan fingerprint density at radius 3 is 1.73 bits per heavy atom. The molecule has 0 saturated heterocycles. The van der Waals surface area contributed by atoms with Gasteiger partial charge in [-0.2, -0.15) is 0 Å². The predicted molar refractivity (Wildman–Crippen MR) is 110 cm³/mol. The fourth-order valence-corrected chi connectivity index (χ4v) is 3.83. The molecule has 152 valence electrons. The molecule has 0 unspecified atom stereocenters. The van der Waals surface area contributed by atoms with E-state index in [1.807, 2.05) is 0 Å². The summed E-state index contributed by atoms with van der Waals surface area (Å²) in [6.45, 7) is 12.1. The number of phenolic OH excluding ortho intramolecular Hbond substituents is 1. The maximum absolute atomic E-state index is 9.39. The fraction of sp³-hybridized carbons (Fsp3) is 0.739. The summed E-state index contributed by atoms with van der Waals surface area (Å²) in [6.07, 6.45) is 13.6. The van der Waals surface area contributed by atoms with Crippen LogP contribution in [0.4, 0.5) is 0 Å². The maximum atomic E-state index is 9.39. The van der Waals surface area contributed by atoms with Gasteiger partial charge in [0.1, 0.15) is 5.75 Å². The van der Waals surface area contributed by atoms with Crippen LogP contribution in [0.1, 0.15) is 84.1 Å². The molecule has 1 rings (SSSR count). The molecule has 0 aliphatic heterocycles. The standard InChI is InChI=1S/C23H41NO.BrH/c1-4-7-8-9-10-11-12-13-20-24(5-2,6-3)21-14-15-22-16-18-23(25)19-17-22;/h16-19H,4-15,20-21H2,1-3H3;1H. The Kier molecular flexibility index (Phi) is 15.2. The van der Waals surface area contributed by atoms with Crippen LogP contribution in [0.15, 0.2) is 24.3 Å². The van der Waals surface area contributed by atoms with E-state index in [0.717, 1.165) is 6.42 Å². The summed E-state index contributed by atoms with van der Waals surface area (Å²) in [5, 5.41) is 9.39. The molecule has 0 bridgehead atoms. The number of hydrogen-bond acceptors (Lipinski definition) is 1. The first-order valence-electron chi connectivity index (χ1n) is 10.8. The van der Waals surface area contributed by atoms with E-state index in [2.05, 4.69) is 32.9 Å². The van der Waals surface area contributed by atoms with Gasteiger partial charge in [-0.25, -0.2) is 0 Å². The normalized spacial score (nSPS) is 11.3. The van der Waals surface area contributed by atoms with Crippen LogP contribution in [0.3, 0.4) is 0 Å². The molecule has 1 aromatic rings. The third-order valence-corrected chi connectivity index (χ3v) is 5.86. The number of halogens is 1. The summed E-state index contributed by atoms with van der Waals surface area (Å²) in [4.78, 5) is 0. The Bertz CT molecular complexity index is 428. The van der Waals surface area contributed by atoms with Gasteiger partial charge in [-0.05, 0) is 50.8 Å². The lowest BCUT2D eigenvalue weighted by Gasteiger charge is -2.37. The Morgan fingerprint density at radius 1 is 0.692 bits per heavy atom. The van der Waals surface area contributed by atoms with Gasteiger partial charge in [0.2, 0.25) is 0 Å². The highest BCUT2D eigenvalue weighted by Crippen LogP contribution is 2.16. The van der Waals surface area contributed by atoms with E-state index in [4.69, 9.17) is 0 Å². The summed E-state index contributed by atoms with van der Waals surface area (Å²) >= 11 is 0. The number of aryl methyl sites for hydroxylation is 1. The van der Waals surface area contributed by atoms with Crippen LogP contribution in [0.5, 0.6) is 5.75 Å². The molecular weight excluding hydrogens is 386 g/mol. The molecule has 0 amide bonds. The van der Waals surface area contributed by atoms with Crippen molar-refractivity contribution in [1.82, 2.24) is 0 Å². The zero-order valence-electron chi connectivity index (χ0n) is 17.5. The number of quaternary nitrogens is 1. The summed E-state index contributed by atoms with van der Waals surface area (Å²) < 4.78 is 1.27. The van der Waals surface area contributed by atoms with Crippen molar-refractivity contribution in [2.75, 3.05) is 26.2 Å². The second kappa shape index (κ2) is 15.5. The molecule has 1 N–H and O–H groups in total. The topological polar surface area (TPSA) is 20.2 Å². The Hall–Kier alpha value is -0.540. The highest BCUT2D eigenvalue weighted by atomic mass is 79.9. The summed E-state index contributed by atoms with van der Waals surface area (Å²) in [5.41, 5.74) is 1.34. The van der Waals surface area contributed by atoms with Crippen molar-refractivity contribution in [3.63, 3.8) is 0 Å². The molecule has 0 aromatic heterocycles. The van der Waals surface area contributed by atoms with Crippen molar-refractivity contribution >= 4 is 0 Å². The van der Waals surface area contributed by atoms with Crippen LogP contribution in [-0.2, 0) is 6.42 Å². The summed E-state index contributed by atoms with van der Waals surface area (Å²) in [5.74, 6) is 0.366. The number of hydrogen-bond donors (Lipinski definition) is 1. The lowest BCUT2D eigenvalue weighted by Crippen LogP contribution is -3.00. The minimum Gasteiger partial charge on any atom is -1.00 e. The number of aromatic hydroxyl groups is 1. The predicted octanol–water partition coefficient (Wildman–Crippen LogP) is 3.33. The molecule has 0 aliphatic carbocycles. The second-order valence-corrected chi connectivity index (χ2v) is 7.67. The van der Waals surface area contributed by atoms with Crippen LogP contribution in [0.25, 0.3) is 0 Å². The molecule has 26 heavy (non-hydrogen) atoms. The molecule has 0 atom stereocenters. The highest BCUT2D eigenvalue weighted by molar-refractivity contribution is 5.25. The molecule has 0 spiro atoms. The van der Waals surface area contributed by atoms with E-state index in [9.17, 15) is 5.11 Å². The van der Waals surface area contributed by atoms with Crippen LogP contribution in [-0.4, -0.2) is 35.8 Å². The van der Waals surface area contributed by atoms with Gasteiger partial charge in [-0.3, -0.25) is 0 Å².